The molecule has 0 fully saturated rings. The number of rotatable bonds is 2. The number of para-hydroxylation sites is 3. The molecule has 0 aliphatic heterocycles. The quantitative estimate of drug-likeness (QED) is 0.437. The number of aromatic nitrogens is 2. The van der Waals surface area contributed by atoms with Crippen molar-refractivity contribution in [1.29, 1.82) is 0 Å². The summed E-state index contributed by atoms with van der Waals surface area (Å²) in [6, 6.07) is 25.7. The van der Waals surface area contributed by atoms with Gasteiger partial charge in [0.15, 0.2) is 0 Å². The molecule has 0 amide bonds. The van der Waals surface area contributed by atoms with Gasteiger partial charge in [-0.05, 0) is 29.1 Å². The Labute approximate surface area is 133 Å². The molecular formula is C21H16N2. The van der Waals surface area contributed by atoms with Crippen LogP contribution in [0, 0.1) is 0 Å². The van der Waals surface area contributed by atoms with Gasteiger partial charge in [0.1, 0.15) is 0 Å². The van der Waals surface area contributed by atoms with Crippen molar-refractivity contribution in [2.24, 2.45) is 0 Å². The molecule has 0 radical (unpaired) electrons. The number of hydrogen-bond acceptors (Lipinski definition) is 0. The van der Waals surface area contributed by atoms with Gasteiger partial charge in [-0.2, -0.15) is 0 Å². The van der Waals surface area contributed by atoms with Gasteiger partial charge in [-0.15, -0.1) is 0 Å². The van der Waals surface area contributed by atoms with E-state index in [-0.39, 0.29) is 0 Å². The molecule has 2 heterocycles. The van der Waals surface area contributed by atoms with E-state index in [9.17, 15) is 0 Å². The third-order valence-corrected chi connectivity index (χ3v) is 4.59. The Morgan fingerprint density at radius 3 is 2.35 bits per heavy atom. The Balaban J connectivity index is 1.67. The molecule has 2 N–H and O–H groups in total. The molecule has 0 spiro atoms. The molecule has 23 heavy (non-hydrogen) atoms. The van der Waals surface area contributed by atoms with Gasteiger partial charge in [0.2, 0.25) is 0 Å². The second kappa shape index (κ2) is 4.75. The minimum atomic E-state index is 0.902. The summed E-state index contributed by atoms with van der Waals surface area (Å²) in [6.07, 6.45) is 0.902. The van der Waals surface area contributed by atoms with E-state index in [0.29, 0.717) is 0 Å². The molecule has 0 unspecified atom stereocenters. The third kappa shape index (κ3) is 1.95. The van der Waals surface area contributed by atoms with Crippen LogP contribution in [0.3, 0.4) is 0 Å². The zero-order valence-corrected chi connectivity index (χ0v) is 12.6. The summed E-state index contributed by atoms with van der Waals surface area (Å²) in [5.74, 6) is 0. The maximum atomic E-state index is 3.59. The van der Waals surface area contributed by atoms with Crippen LogP contribution in [0.2, 0.25) is 0 Å². The highest BCUT2D eigenvalue weighted by Crippen LogP contribution is 2.29. The van der Waals surface area contributed by atoms with E-state index in [0.717, 1.165) is 6.42 Å². The molecule has 0 saturated heterocycles. The normalized spacial score (nSPS) is 11.7. The molecule has 5 aromatic rings. The first kappa shape index (κ1) is 12.5. The van der Waals surface area contributed by atoms with Crippen molar-refractivity contribution in [3.63, 3.8) is 0 Å². The zero-order valence-electron chi connectivity index (χ0n) is 12.6. The Kier molecular flexibility index (Phi) is 2.59. The molecule has 2 heteroatoms. The van der Waals surface area contributed by atoms with Crippen LogP contribution in [0.1, 0.15) is 11.3 Å². The van der Waals surface area contributed by atoms with E-state index in [2.05, 4.69) is 82.8 Å². The van der Waals surface area contributed by atoms with Crippen molar-refractivity contribution in [2.45, 2.75) is 6.42 Å². The van der Waals surface area contributed by atoms with Crippen LogP contribution in [-0.2, 0) is 6.42 Å². The van der Waals surface area contributed by atoms with Crippen LogP contribution >= 0.6 is 0 Å². The smallest absolute Gasteiger partial charge is 0.0501 e. The summed E-state index contributed by atoms with van der Waals surface area (Å²) in [5, 5.41) is 3.86. The maximum absolute atomic E-state index is 3.59. The van der Waals surface area contributed by atoms with E-state index in [1.54, 1.807) is 0 Å². The van der Waals surface area contributed by atoms with Crippen molar-refractivity contribution in [3.8, 4) is 0 Å². The topological polar surface area (TPSA) is 31.6 Å². The Bertz CT molecular complexity index is 1110. The Hall–Kier alpha value is -3.00. The lowest BCUT2D eigenvalue weighted by atomic mass is 10.1. The van der Waals surface area contributed by atoms with Crippen molar-refractivity contribution >= 4 is 32.7 Å². The highest BCUT2D eigenvalue weighted by Gasteiger charge is 2.09. The van der Waals surface area contributed by atoms with E-state index >= 15 is 0 Å². The predicted molar refractivity (Wildman–Crippen MR) is 96.9 cm³/mol. The number of nitrogens with one attached hydrogen (secondary N) is 2. The van der Waals surface area contributed by atoms with Crippen LogP contribution in [-0.4, -0.2) is 9.97 Å². The van der Waals surface area contributed by atoms with Gasteiger partial charge in [0.05, 0.1) is 5.52 Å². The van der Waals surface area contributed by atoms with E-state index < -0.39 is 0 Å². The van der Waals surface area contributed by atoms with Gasteiger partial charge in [0, 0.05) is 33.9 Å². The lowest BCUT2D eigenvalue weighted by Crippen LogP contribution is -1.89. The molecule has 110 valence electrons. The van der Waals surface area contributed by atoms with E-state index in [1.807, 2.05) is 0 Å². The SMILES string of the molecule is c1ccc2[nH]c(Cc3cccc4c3[nH]c3ccccc34)cc2c1. The summed E-state index contributed by atoms with van der Waals surface area (Å²) in [4.78, 5) is 7.12. The number of H-pyrrole nitrogens is 2. The lowest BCUT2D eigenvalue weighted by Gasteiger charge is -2.02. The second-order valence-electron chi connectivity index (χ2n) is 6.07. The summed E-state index contributed by atoms with van der Waals surface area (Å²) in [5.41, 5.74) is 6.22. The fourth-order valence-electron chi connectivity index (χ4n) is 3.52. The first-order chi connectivity index (χ1) is 11.4. The highest BCUT2D eigenvalue weighted by molar-refractivity contribution is 6.08. The molecule has 3 aromatic carbocycles. The van der Waals surface area contributed by atoms with Gasteiger partial charge in [-0.25, -0.2) is 0 Å². The number of hydrogen-bond donors (Lipinski definition) is 2. The average molecular weight is 296 g/mol. The molecule has 5 rings (SSSR count). The van der Waals surface area contributed by atoms with Crippen LogP contribution < -0.4 is 0 Å². The lowest BCUT2D eigenvalue weighted by molar-refractivity contribution is 1.13. The van der Waals surface area contributed by atoms with Crippen LogP contribution in [0.4, 0.5) is 0 Å². The summed E-state index contributed by atoms with van der Waals surface area (Å²) in [6.45, 7) is 0. The Morgan fingerprint density at radius 2 is 1.43 bits per heavy atom. The fourth-order valence-corrected chi connectivity index (χ4v) is 3.52. The maximum Gasteiger partial charge on any atom is 0.0501 e. The first-order valence-corrected chi connectivity index (χ1v) is 7.93. The minimum Gasteiger partial charge on any atom is -0.358 e. The zero-order chi connectivity index (χ0) is 15.2. The standard InChI is InChI=1S/C21H16N2/c1-3-10-19-14(6-1)12-16(22-19)13-15-7-5-9-18-17-8-2-4-11-20(17)23-21(15)18/h1-12,22-23H,13H2. The minimum absolute atomic E-state index is 0.902. The molecule has 2 aromatic heterocycles. The number of aromatic amines is 2. The average Bonchev–Trinajstić information content (AvgIpc) is 3.16. The molecule has 2 nitrogen and oxygen atoms in total. The van der Waals surface area contributed by atoms with Crippen LogP contribution in [0.15, 0.2) is 72.8 Å². The van der Waals surface area contributed by atoms with Crippen LogP contribution in [0.5, 0.6) is 0 Å². The number of benzene rings is 3. The highest BCUT2D eigenvalue weighted by atomic mass is 14.7. The van der Waals surface area contributed by atoms with Gasteiger partial charge < -0.3 is 9.97 Å². The fraction of sp³-hybridized carbons (Fsp3) is 0.0476. The summed E-state index contributed by atoms with van der Waals surface area (Å²) in [7, 11) is 0. The molecular weight excluding hydrogens is 280 g/mol. The molecule has 0 bridgehead atoms. The van der Waals surface area contributed by atoms with E-state index in [1.165, 1.54) is 44.0 Å². The van der Waals surface area contributed by atoms with Crippen molar-refractivity contribution in [2.75, 3.05) is 0 Å². The number of fused-ring (bicyclic) bond motifs is 4. The molecule has 0 aliphatic carbocycles. The molecule has 0 saturated carbocycles. The van der Waals surface area contributed by atoms with Crippen molar-refractivity contribution in [3.05, 3.63) is 84.1 Å². The Morgan fingerprint density at radius 1 is 0.652 bits per heavy atom. The molecule has 0 aliphatic rings. The van der Waals surface area contributed by atoms with Gasteiger partial charge >= 0.3 is 0 Å². The van der Waals surface area contributed by atoms with Gasteiger partial charge in [-0.3, -0.25) is 0 Å². The second-order valence-corrected chi connectivity index (χ2v) is 6.07. The largest absolute Gasteiger partial charge is 0.358 e. The van der Waals surface area contributed by atoms with Gasteiger partial charge in [-0.1, -0.05) is 54.6 Å². The summed E-state index contributed by atoms with van der Waals surface area (Å²) >= 11 is 0. The monoisotopic (exact) mass is 296 g/mol. The third-order valence-electron chi connectivity index (χ3n) is 4.59. The molecule has 0 atom stereocenters. The first-order valence-electron chi connectivity index (χ1n) is 7.93. The van der Waals surface area contributed by atoms with Gasteiger partial charge in [0.25, 0.3) is 0 Å². The summed E-state index contributed by atoms with van der Waals surface area (Å²) < 4.78 is 0. The van der Waals surface area contributed by atoms with E-state index in [4.69, 9.17) is 0 Å². The van der Waals surface area contributed by atoms with Crippen molar-refractivity contribution in [1.82, 2.24) is 9.97 Å². The van der Waals surface area contributed by atoms with Crippen molar-refractivity contribution < 1.29 is 0 Å². The van der Waals surface area contributed by atoms with Crippen LogP contribution in [0.25, 0.3) is 32.7 Å². The predicted octanol–water partition coefficient (Wildman–Crippen LogP) is 5.39.